The van der Waals surface area contributed by atoms with Crippen LogP contribution in [0.1, 0.15) is 51.5 Å². The van der Waals surface area contributed by atoms with Gasteiger partial charge in [0.25, 0.3) is 0 Å². The van der Waals surface area contributed by atoms with Gasteiger partial charge in [-0.25, -0.2) is 0 Å². The zero-order valence-electron chi connectivity index (χ0n) is 12.1. The van der Waals surface area contributed by atoms with E-state index in [0.717, 1.165) is 13.0 Å². The van der Waals surface area contributed by atoms with E-state index in [9.17, 15) is 0 Å². The van der Waals surface area contributed by atoms with Crippen molar-refractivity contribution in [3.63, 3.8) is 0 Å². The summed E-state index contributed by atoms with van der Waals surface area (Å²) in [6, 6.07) is 11.4. The van der Waals surface area contributed by atoms with Crippen LogP contribution in [0, 0.1) is 0 Å². The molecule has 1 aromatic rings. The third kappa shape index (κ3) is 6.02. The molecule has 0 heterocycles. The molecule has 0 amide bonds. The molecule has 0 spiro atoms. The summed E-state index contributed by atoms with van der Waals surface area (Å²) in [5.74, 6) is 0.618. The van der Waals surface area contributed by atoms with Gasteiger partial charge in [-0.2, -0.15) is 0 Å². The van der Waals surface area contributed by atoms with Gasteiger partial charge < -0.3 is 5.32 Å². The van der Waals surface area contributed by atoms with Crippen LogP contribution < -0.4 is 5.32 Å². The smallest absolute Gasteiger partial charge is 0.00225 e. The first-order chi connectivity index (χ1) is 8.59. The van der Waals surface area contributed by atoms with Crippen molar-refractivity contribution in [1.82, 2.24) is 5.32 Å². The molecule has 0 aromatic heterocycles. The van der Waals surface area contributed by atoms with Crippen LogP contribution in [0.5, 0.6) is 0 Å². The quantitative estimate of drug-likeness (QED) is 0.664. The van der Waals surface area contributed by atoms with Crippen LogP contribution in [-0.2, 0) is 0 Å². The summed E-state index contributed by atoms with van der Waals surface area (Å²) >= 11 is 0. The molecule has 1 heteroatoms. The van der Waals surface area contributed by atoms with Gasteiger partial charge in [0.05, 0.1) is 0 Å². The van der Waals surface area contributed by atoms with Gasteiger partial charge in [-0.15, -0.1) is 6.58 Å². The molecule has 0 saturated heterocycles. The van der Waals surface area contributed by atoms with Crippen LogP contribution in [0.3, 0.4) is 0 Å². The fourth-order valence-electron chi connectivity index (χ4n) is 2.14. The van der Waals surface area contributed by atoms with E-state index in [1.54, 1.807) is 0 Å². The number of benzene rings is 1. The van der Waals surface area contributed by atoms with Crippen LogP contribution in [0.4, 0.5) is 0 Å². The third-order valence-corrected chi connectivity index (χ3v) is 3.20. The van der Waals surface area contributed by atoms with Crippen molar-refractivity contribution >= 4 is 0 Å². The molecule has 0 saturated carbocycles. The summed E-state index contributed by atoms with van der Waals surface area (Å²) in [7, 11) is 0. The number of hydrogen-bond donors (Lipinski definition) is 1. The molecule has 1 aromatic carbocycles. The van der Waals surface area contributed by atoms with E-state index in [-0.39, 0.29) is 0 Å². The molecule has 18 heavy (non-hydrogen) atoms. The fraction of sp³-hybridized carbons (Fsp3) is 0.529. The largest absolute Gasteiger partial charge is 0.314 e. The molecule has 0 aliphatic heterocycles. The highest BCUT2D eigenvalue weighted by Gasteiger charge is 2.11. The Bertz CT molecular complexity index is 340. The van der Waals surface area contributed by atoms with Crippen LogP contribution in [-0.4, -0.2) is 12.6 Å². The van der Waals surface area contributed by atoms with E-state index in [1.165, 1.54) is 24.0 Å². The normalized spacial score (nSPS) is 12.7. The van der Waals surface area contributed by atoms with Gasteiger partial charge in [0.2, 0.25) is 0 Å². The van der Waals surface area contributed by atoms with Gasteiger partial charge in [-0.05, 0) is 37.7 Å². The maximum absolute atomic E-state index is 3.98. The summed E-state index contributed by atoms with van der Waals surface area (Å²) in [6.07, 6.45) is 3.61. The molecule has 1 unspecified atom stereocenters. The second-order valence-electron chi connectivity index (χ2n) is 5.52. The maximum atomic E-state index is 3.98. The Kier molecular flexibility index (Phi) is 6.74. The SMILES string of the molecule is C=C(C)CCCC(CNC(C)C)c1ccccc1. The molecule has 1 rings (SSSR count). The van der Waals surface area contributed by atoms with Crippen molar-refractivity contribution in [2.24, 2.45) is 0 Å². The van der Waals surface area contributed by atoms with Crippen molar-refractivity contribution in [2.45, 2.75) is 52.0 Å². The summed E-state index contributed by atoms with van der Waals surface area (Å²) in [4.78, 5) is 0. The summed E-state index contributed by atoms with van der Waals surface area (Å²) < 4.78 is 0. The van der Waals surface area contributed by atoms with Crippen molar-refractivity contribution in [1.29, 1.82) is 0 Å². The van der Waals surface area contributed by atoms with Crippen molar-refractivity contribution < 1.29 is 0 Å². The van der Waals surface area contributed by atoms with E-state index in [0.29, 0.717) is 12.0 Å². The molecule has 1 atom stereocenters. The van der Waals surface area contributed by atoms with Crippen LogP contribution in [0.25, 0.3) is 0 Å². The molecular weight excluding hydrogens is 218 g/mol. The predicted molar refractivity (Wildman–Crippen MR) is 81.0 cm³/mol. The monoisotopic (exact) mass is 245 g/mol. The fourth-order valence-corrected chi connectivity index (χ4v) is 2.14. The Hall–Kier alpha value is -1.08. The Labute approximate surface area is 112 Å². The Morgan fingerprint density at radius 1 is 1.22 bits per heavy atom. The second kappa shape index (κ2) is 8.10. The predicted octanol–water partition coefficient (Wildman–Crippen LogP) is 4.51. The number of rotatable bonds is 8. The lowest BCUT2D eigenvalue weighted by molar-refractivity contribution is 0.497. The van der Waals surface area contributed by atoms with E-state index in [2.05, 4.69) is 63.0 Å². The van der Waals surface area contributed by atoms with E-state index in [1.807, 2.05) is 0 Å². The summed E-state index contributed by atoms with van der Waals surface area (Å²) in [5.41, 5.74) is 2.74. The molecule has 1 N–H and O–H groups in total. The average Bonchev–Trinajstić information content (AvgIpc) is 2.34. The zero-order valence-corrected chi connectivity index (χ0v) is 12.1. The molecule has 0 radical (unpaired) electrons. The molecule has 0 aliphatic rings. The molecule has 100 valence electrons. The Balaban J connectivity index is 2.55. The van der Waals surface area contributed by atoms with E-state index in [4.69, 9.17) is 0 Å². The minimum absolute atomic E-state index is 0.553. The second-order valence-corrected chi connectivity index (χ2v) is 5.52. The Morgan fingerprint density at radius 2 is 1.89 bits per heavy atom. The summed E-state index contributed by atoms with van der Waals surface area (Å²) in [5, 5.41) is 3.56. The molecule has 0 fully saturated rings. The molecule has 1 nitrogen and oxygen atoms in total. The highest BCUT2D eigenvalue weighted by atomic mass is 14.9. The summed E-state index contributed by atoms with van der Waals surface area (Å²) in [6.45, 7) is 11.6. The lowest BCUT2D eigenvalue weighted by Crippen LogP contribution is -2.28. The van der Waals surface area contributed by atoms with Gasteiger partial charge in [-0.3, -0.25) is 0 Å². The number of nitrogens with one attached hydrogen (secondary N) is 1. The van der Waals surface area contributed by atoms with Gasteiger partial charge in [-0.1, -0.05) is 49.8 Å². The third-order valence-electron chi connectivity index (χ3n) is 3.20. The first kappa shape index (κ1) is 15.0. The topological polar surface area (TPSA) is 12.0 Å². The first-order valence-electron chi connectivity index (χ1n) is 7.02. The van der Waals surface area contributed by atoms with Crippen molar-refractivity contribution in [3.05, 3.63) is 48.0 Å². The Morgan fingerprint density at radius 3 is 2.44 bits per heavy atom. The standard InChI is InChI=1S/C17H27N/c1-14(2)9-8-12-17(13-18-15(3)4)16-10-6-5-7-11-16/h5-7,10-11,15,17-18H,1,8-9,12-13H2,2-4H3. The van der Waals surface area contributed by atoms with Crippen molar-refractivity contribution in [3.8, 4) is 0 Å². The van der Waals surface area contributed by atoms with Gasteiger partial charge in [0.1, 0.15) is 0 Å². The highest BCUT2D eigenvalue weighted by Crippen LogP contribution is 2.22. The van der Waals surface area contributed by atoms with Gasteiger partial charge >= 0.3 is 0 Å². The zero-order chi connectivity index (χ0) is 13.4. The van der Waals surface area contributed by atoms with Crippen LogP contribution in [0.2, 0.25) is 0 Å². The average molecular weight is 245 g/mol. The van der Waals surface area contributed by atoms with E-state index < -0.39 is 0 Å². The van der Waals surface area contributed by atoms with Gasteiger partial charge in [0, 0.05) is 12.6 Å². The lowest BCUT2D eigenvalue weighted by atomic mass is 9.92. The van der Waals surface area contributed by atoms with Gasteiger partial charge in [0.15, 0.2) is 0 Å². The maximum Gasteiger partial charge on any atom is 0.00225 e. The number of hydrogen-bond acceptors (Lipinski definition) is 1. The number of allylic oxidation sites excluding steroid dienone is 1. The van der Waals surface area contributed by atoms with Crippen molar-refractivity contribution in [2.75, 3.05) is 6.54 Å². The molecule has 0 bridgehead atoms. The van der Waals surface area contributed by atoms with E-state index >= 15 is 0 Å². The van der Waals surface area contributed by atoms with Crippen LogP contribution >= 0.6 is 0 Å². The molecular formula is C17H27N. The minimum Gasteiger partial charge on any atom is -0.314 e. The minimum atomic E-state index is 0.553. The highest BCUT2D eigenvalue weighted by molar-refractivity contribution is 5.19. The first-order valence-corrected chi connectivity index (χ1v) is 7.02. The lowest BCUT2D eigenvalue weighted by Gasteiger charge is -2.20. The van der Waals surface area contributed by atoms with Crippen LogP contribution in [0.15, 0.2) is 42.5 Å². The molecule has 0 aliphatic carbocycles.